The van der Waals surface area contributed by atoms with Gasteiger partial charge in [0.1, 0.15) is 24.7 Å². The molecule has 3 aromatic rings. The Hall–Kier alpha value is -3.10. The van der Waals surface area contributed by atoms with Crippen molar-refractivity contribution >= 4 is 33.2 Å². The smallest absolute Gasteiger partial charge is 0.265 e. The molecule has 1 aliphatic heterocycles. The Kier molecular flexibility index (Phi) is 5.84. The van der Waals surface area contributed by atoms with E-state index in [9.17, 15) is 17.6 Å². The van der Waals surface area contributed by atoms with Gasteiger partial charge in [0.25, 0.3) is 10.0 Å². The minimum absolute atomic E-state index is 0.0305. The number of benzene rings is 3. The number of amides is 1. The molecule has 0 bridgehead atoms. The molecule has 0 aliphatic carbocycles. The highest BCUT2D eigenvalue weighted by Crippen LogP contribution is 2.42. The van der Waals surface area contributed by atoms with Crippen LogP contribution in [0.4, 0.5) is 10.1 Å². The van der Waals surface area contributed by atoms with Crippen LogP contribution in [0, 0.1) is 5.82 Å². The summed E-state index contributed by atoms with van der Waals surface area (Å²) < 4.78 is 46.7. The lowest BCUT2D eigenvalue weighted by Gasteiger charge is -2.31. The van der Waals surface area contributed by atoms with Crippen LogP contribution in [0.5, 0.6) is 5.75 Å². The third-order valence-electron chi connectivity index (χ3n) is 4.78. The van der Waals surface area contributed by atoms with Crippen LogP contribution in [-0.2, 0) is 14.8 Å². The van der Waals surface area contributed by atoms with Crippen molar-refractivity contribution < 1.29 is 22.3 Å². The number of sulfonamides is 1. The van der Waals surface area contributed by atoms with E-state index in [0.29, 0.717) is 21.9 Å². The summed E-state index contributed by atoms with van der Waals surface area (Å²) in [6.07, 6.45) is 0. The molecule has 0 fully saturated rings. The SMILES string of the molecule is O=C(CN1c2ccc(F)cc2-c2ccccc2S1(=O)=O)NCCOc1ccccc1Cl. The molecule has 160 valence electrons. The van der Waals surface area contributed by atoms with E-state index in [1.54, 1.807) is 42.5 Å². The second-order valence-corrected chi connectivity index (χ2v) is 9.04. The number of fused-ring (bicyclic) bond motifs is 3. The molecule has 9 heteroatoms. The lowest BCUT2D eigenvalue weighted by molar-refractivity contribution is -0.119. The highest BCUT2D eigenvalue weighted by molar-refractivity contribution is 7.93. The number of para-hydroxylation sites is 1. The first-order valence-corrected chi connectivity index (χ1v) is 11.3. The average molecular weight is 461 g/mol. The van der Waals surface area contributed by atoms with Crippen LogP contribution in [0.3, 0.4) is 0 Å². The maximum atomic E-state index is 13.9. The van der Waals surface area contributed by atoms with Gasteiger partial charge in [0.05, 0.1) is 22.2 Å². The van der Waals surface area contributed by atoms with Crippen molar-refractivity contribution in [1.29, 1.82) is 0 Å². The van der Waals surface area contributed by atoms with E-state index >= 15 is 0 Å². The summed E-state index contributed by atoms with van der Waals surface area (Å²) in [6, 6.07) is 17.1. The predicted molar refractivity (Wildman–Crippen MR) is 116 cm³/mol. The topological polar surface area (TPSA) is 75.7 Å². The van der Waals surface area contributed by atoms with Crippen LogP contribution in [0.25, 0.3) is 11.1 Å². The van der Waals surface area contributed by atoms with Crippen molar-refractivity contribution in [2.24, 2.45) is 0 Å². The Morgan fingerprint density at radius 1 is 1.03 bits per heavy atom. The van der Waals surface area contributed by atoms with Gasteiger partial charge in [0.2, 0.25) is 5.91 Å². The van der Waals surface area contributed by atoms with Crippen LogP contribution in [0.2, 0.25) is 5.02 Å². The molecular weight excluding hydrogens is 443 g/mol. The molecule has 1 N–H and O–H groups in total. The highest BCUT2D eigenvalue weighted by atomic mass is 35.5. The molecule has 4 rings (SSSR count). The van der Waals surface area contributed by atoms with E-state index in [1.807, 2.05) is 0 Å². The van der Waals surface area contributed by atoms with E-state index in [0.717, 1.165) is 4.31 Å². The molecule has 1 amide bonds. The van der Waals surface area contributed by atoms with Gasteiger partial charge in [-0.05, 0) is 36.4 Å². The van der Waals surface area contributed by atoms with Crippen molar-refractivity contribution in [1.82, 2.24) is 5.32 Å². The predicted octanol–water partition coefficient (Wildman–Crippen LogP) is 3.85. The molecule has 3 aromatic carbocycles. The van der Waals surface area contributed by atoms with Gasteiger partial charge in [-0.1, -0.05) is 41.9 Å². The fourth-order valence-corrected chi connectivity index (χ4v) is 5.21. The molecule has 0 atom stereocenters. The van der Waals surface area contributed by atoms with E-state index in [-0.39, 0.29) is 23.7 Å². The van der Waals surface area contributed by atoms with Gasteiger partial charge >= 0.3 is 0 Å². The zero-order valence-electron chi connectivity index (χ0n) is 16.2. The number of halogens is 2. The number of carbonyl (C=O) groups excluding carboxylic acids is 1. The number of anilines is 1. The second-order valence-electron chi connectivity index (χ2n) is 6.80. The summed E-state index contributed by atoms with van der Waals surface area (Å²) in [5.41, 5.74) is 1.07. The third-order valence-corrected chi connectivity index (χ3v) is 6.91. The normalized spacial score (nSPS) is 13.8. The minimum atomic E-state index is -3.98. The van der Waals surface area contributed by atoms with E-state index in [4.69, 9.17) is 16.3 Å². The van der Waals surface area contributed by atoms with Gasteiger partial charge in [0.15, 0.2) is 0 Å². The summed E-state index contributed by atoms with van der Waals surface area (Å²) in [5.74, 6) is -0.514. The molecule has 1 heterocycles. The molecule has 0 unspecified atom stereocenters. The monoisotopic (exact) mass is 460 g/mol. The van der Waals surface area contributed by atoms with Gasteiger partial charge in [-0.2, -0.15) is 0 Å². The van der Waals surface area contributed by atoms with E-state index in [2.05, 4.69) is 5.32 Å². The molecule has 0 spiro atoms. The van der Waals surface area contributed by atoms with Crippen LogP contribution in [0.15, 0.2) is 71.6 Å². The zero-order valence-corrected chi connectivity index (χ0v) is 17.8. The number of nitrogens with zero attached hydrogens (tertiary/aromatic N) is 1. The van der Waals surface area contributed by atoms with E-state index in [1.165, 1.54) is 24.3 Å². The van der Waals surface area contributed by atoms with Crippen molar-refractivity contribution in [3.05, 3.63) is 77.6 Å². The van der Waals surface area contributed by atoms with Crippen molar-refractivity contribution in [3.8, 4) is 16.9 Å². The fourth-order valence-electron chi connectivity index (χ4n) is 3.37. The van der Waals surface area contributed by atoms with Gasteiger partial charge in [-0.15, -0.1) is 0 Å². The van der Waals surface area contributed by atoms with Crippen molar-refractivity contribution in [3.63, 3.8) is 0 Å². The molecule has 0 saturated heterocycles. The Balaban J connectivity index is 1.49. The number of carbonyl (C=O) groups is 1. The van der Waals surface area contributed by atoms with Crippen molar-refractivity contribution in [2.45, 2.75) is 4.90 Å². The van der Waals surface area contributed by atoms with Gasteiger partial charge < -0.3 is 10.1 Å². The summed E-state index contributed by atoms with van der Waals surface area (Å²) in [4.78, 5) is 12.5. The molecule has 6 nitrogen and oxygen atoms in total. The second kappa shape index (κ2) is 8.56. The van der Waals surface area contributed by atoms with Gasteiger partial charge in [0, 0.05) is 11.1 Å². The zero-order chi connectivity index (χ0) is 22.0. The lowest BCUT2D eigenvalue weighted by atomic mass is 10.0. The van der Waals surface area contributed by atoms with Crippen LogP contribution in [-0.4, -0.2) is 34.0 Å². The number of hydrogen-bond donors (Lipinski definition) is 1. The Bertz CT molecular complexity index is 1250. The first-order valence-electron chi connectivity index (χ1n) is 9.43. The molecule has 0 aromatic heterocycles. The third kappa shape index (κ3) is 4.22. The average Bonchev–Trinajstić information content (AvgIpc) is 2.75. The first kappa shape index (κ1) is 21.1. The summed E-state index contributed by atoms with van der Waals surface area (Å²) in [7, 11) is -3.98. The van der Waals surface area contributed by atoms with Crippen LogP contribution < -0.4 is 14.4 Å². The Morgan fingerprint density at radius 2 is 1.77 bits per heavy atom. The standard InChI is InChI=1S/C22H18ClFN2O4S/c23-18-6-2-3-7-20(18)30-12-11-25-22(27)14-26-19-10-9-15(24)13-17(19)16-5-1-4-8-21(16)31(26,28)29/h1-10,13H,11-12,14H2,(H,25,27). The number of hydrogen-bond acceptors (Lipinski definition) is 4. The fraction of sp³-hybridized carbons (Fsp3) is 0.136. The summed E-state index contributed by atoms with van der Waals surface area (Å²) in [6.45, 7) is -0.126. The van der Waals surface area contributed by atoms with E-state index < -0.39 is 28.3 Å². The maximum Gasteiger partial charge on any atom is 0.265 e. The van der Waals surface area contributed by atoms with Crippen LogP contribution >= 0.6 is 11.6 Å². The molecule has 31 heavy (non-hydrogen) atoms. The Labute approximate surface area is 184 Å². The van der Waals surface area contributed by atoms with Gasteiger partial charge in [-0.25, -0.2) is 12.8 Å². The molecule has 1 aliphatic rings. The summed E-state index contributed by atoms with van der Waals surface area (Å²) in [5, 5.41) is 3.09. The number of ether oxygens (including phenoxy) is 1. The Morgan fingerprint density at radius 3 is 2.58 bits per heavy atom. The first-order chi connectivity index (χ1) is 14.9. The summed E-state index contributed by atoms with van der Waals surface area (Å²) >= 11 is 6.01. The largest absolute Gasteiger partial charge is 0.490 e. The highest BCUT2D eigenvalue weighted by Gasteiger charge is 2.35. The molecule has 0 radical (unpaired) electrons. The quantitative estimate of drug-likeness (QED) is 0.567. The minimum Gasteiger partial charge on any atom is -0.490 e. The molecule has 0 saturated carbocycles. The molecular formula is C22H18ClFN2O4S. The number of rotatable bonds is 6. The number of nitrogens with one attached hydrogen (secondary N) is 1. The lowest BCUT2D eigenvalue weighted by Crippen LogP contribution is -2.43. The van der Waals surface area contributed by atoms with Gasteiger partial charge in [-0.3, -0.25) is 9.10 Å². The maximum absolute atomic E-state index is 13.9. The van der Waals surface area contributed by atoms with Crippen molar-refractivity contribution in [2.75, 3.05) is 24.0 Å². The van der Waals surface area contributed by atoms with Crippen LogP contribution in [0.1, 0.15) is 0 Å².